The number of hydrogen-bond acceptors (Lipinski definition) is 5. The topological polar surface area (TPSA) is 64.0 Å². The second-order valence-electron chi connectivity index (χ2n) is 6.44. The standard InChI is InChI=1S/C21H15Cl2N3O2S2/c1-12-6-7-15(14(23)10-12)24-18(27)11-30-21-25-16-8-9-29-19(16)20(28)26(21)17-5-3-2-4-13(17)22/h2-10H,11H2,1H3,(H,24,27). The Morgan fingerprint density at radius 2 is 1.97 bits per heavy atom. The lowest BCUT2D eigenvalue weighted by Crippen LogP contribution is -2.22. The van der Waals surface area contributed by atoms with Crippen molar-refractivity contribution in [2.24, 2.45) is 0 Å². The molecule has 4 rings (SSSR count). The third kappa shape index (κ3) is 4.25. The molecule has 0 atom stereocenters. The summed E-state index contributed by atoms with van der Waals surface area (Å²) in [7, 11) is 0. The minimum Gasteiger partial charge on any atom is -0.324 e. The van der Waals surface area contributed by atoms with Crippen LogP contribution in [0.15, 0.2) is 63.9 Å². The number of rotatable bonds is 5. The third-order valence-electron chi connectivity index (χ3n) is 4.27. The van der Waals surface area contributed by atoms with Gasteiger partial charge in [0.1, 0.15) is 4.70 Å². The number of aryl methyl sites for hydroxylation is 1. The number of thiophene rings is 1. The number of nitrogens with one attached hydrogen (secondary N) is 1. The molecule has 0 bridgehead atoms. The fourth-order valence-corrected chi connectivity index (χ4v) is 4.94. The Balaban J connectivity index is 1.65. The van der Waals surface area contributed by atoms with Gasteiger partial charge in [-0.2, -0.15) is 0 Å². The Labute approximate surface area is 190 Å². The largest absolute Gasteiger partial charge is 0.324 e. The number of amides is 1. The molecule has 2 heterocycles. The first-order valence-electron chi connectivity index (χ1n) is 8.88. The zero-order chi connectivity index (χ0) is 21.3. The lowest BCUT2D eigenvalue weighted by Gasteiger charge is -2.13. The van der Waals surface area contributed by atoms with Gasteiger partial charge in [-0.15, -0.1) is 11.3 Å². The maximum atomic E-state index is 13.1. The Morgan fingerprint density at radius 1 is 1.17 bits per heavy atom. The van der Waals surface area contributed by atoms with Crippen LogP contribution in [0.5, 0.6) is 0 Å². The Bertz CT molecular complexity index is 1320. The van der Waals surface area contributed by atoms with Crippen molar-refractivity contribution in [1.82, 2.24) is 9.55 Å². The van der Waals surface area contributed by atoms with E-state index in [0.29, 0.717) is 36.8 Å². The first-order chi connectivity index (χ1) is 14.4. The summed E-state index contributed by atoms with van der Waals surface area (Å²) >= 11 is 15.0. The van der Waals surface area contributed by atoms with E-state index in [2.05, 4.69) is 10.3 Å². The summed E-state index contributed by atoms with van der Waals surface area (Å²) in [6.07, 6.45) is 0. The van der Waals surface area contributed by atoms with E-state index in [1.165, 1.54) is 15.9 Å². The zero-order valence-corrected chi connectivity index (χ0v) is 18.8. The number of thioether (sulfide) groups is 1. The van der Waals surface area contributed by atoms with Crippen LogP contribution in [0.3, 0.4) is 0 Å². The van der Waals surface area contributed by atoms with E-state index in [0.717, 1.165) is 17.3 Å². The molecule has 0 aliphatic heterocycles. The van der Waals surface area contributed by atoms with E-state index in [-0.39, 0.29) is 17.2 Å². The van der Waals surface area contributed by atoms with Crippen molar-refractivity contribution >= 4 is 68.1 Å². The van der Waals surface area contributed by atoms with Crippen molar-refractivity contribution in [3.63, 3.8) is 0 Å². The van der Waals surface area contributed by atoms with Crippen molar-refractivity contribution in [3.8, 4) is 5.69 Å². The highest BCUT2D eigenvalue weighted by atomic mass is 35.5. The van der Waals surface area contributed by atoms with E-state index >= 15 is 0 Å². The van der Waals surface area contributed by atoms with Gasteiger partial charge in [0.2, 0.25) is 5.91 Å². The molecule has 0 aliphatic rings. The lowest BCUT2D eigenvalue weighted by molar-refractivity contribution is -0.113. The Kier molecular flexibility index (Phi) is 6.15. The summed E-state index contributed by atoms with van der Waals surface area (Å²) in [6.45, 7) is 1.92. The van der Waals surface area contributed by atoms with Gasteiger partial charge in [-0.3, -0.25) is 14.2 Å². The van der Waals surface area contributed by atoms with E-state index < -0.39 is 0 Å². The number of fused-ring (bicyclic) bond motifs is 1. The molecule has 0 unspecified atom stereocenters. The highest BCUT2D eigenvalue weighted by molar-refractivity contribution is 7.99. The summed E-state index contributed by atoms with van der Waals surface area (Å²) in [6, 6.07) is 14.3. The van der Waals surface area contributed by atoms with Crippen LogP contribution in [0, 0.1) is 6.92 Å². The van der Waals surface area contributed by atoms with Gasteiger partial charge in [-0.05, 0) is 48.2 Å². The number of carbonyl (C=O) groups is 1. The quantitative estimate of drug-likeness (QED) is 0.292. The van der Waals surface area contributed by atoms with Crippen LogP contribution < -0.4 is 10.9 Å². The van der Waals surface area contributed by atoms with Crippen LogP contribution in [-0.4, -0.2) is 21.2 Å². The number of aromatic nitrogens is 2. The molecule has 2 aromatic carbocycles. The minimum atomic E-state index is -0.254. The molecular weight excluding hydrogens is 461 g/mol. The minimum absolute atomic E-state index is 0.0523. The van der Waals surface area contributed by atoms with Gasteiger partial charge >= 0.3 is 0 Å². The van der Waals surface area contributed by atoms with Crippen molar-refractivity contribution in [1.29, 1.82) is 0 Å². The molecule has 2 aromatic heterocycles. The highest BCUT2D eigenvalue weighted by Gasteiger charge is 2.17. The van der Waals surface area contributed by atoms with E-state index in [1.54, 1.807) is 42.5 Å². The number of benzene rings is 2. The van der Waals surface area contributed by atoms with Gasteiger partial charge in [0.05, 0.1) is 32.7 Å². The number of para-hydroxylation sites is 1. The van der Waals surface area contributed by atoms with Crippen LogP contribution in [0.25, 0.3) is 15.9 Å². The summed E-state index contributed by atoms with van der Waals surface area (Å²) in [5.41, 5.74) is 2.45. The number of nitrogens with zero attached hydrogens (tertiary/aromatic N) is 2. The molecular formula is C21H15Cl2N3O2S2. The molecule has 9 heteroatoms. The van der Waals surface area contributed by atoms with Gasteiger partial charge in [0.15, 0.2) is 5.16 Å². The van der Waals surface area contributed by atoms with Crippen molar-refractivity contribution in [2.45, 2.75) is 12.1 Å². The first kappa shape index (κ1) is 20.9. The third-order valence-corrected chi connectivity index (χ3v) is 6.74. The molecule has 0 fully saturated rings. The highest BCUT2D eigenvalue weighted by Crippen LogP contribution is 2.28. The van der Waals surface area contributed by atoms with E-state index in [1.807, 2.05) is 18.4 Å². The van der Waals surface area contributed by atoms with E-state index in [4.69, 9.17) is 23.2 Å². The maximum absolute atomic E-state index is 13.1. The number of anilines is 1. The fourth-order valence-electron chi connectivity index (χ4n) is 2.87. The molecule has 0 aliphatic carbocycles. The number of carbonyl (C=O) groups excluding carboxylic acids is 1. The van der Waals surface area contributed by atoms with Crippen LogP contribution in [0.2, 0.25) is 10.0 Å². The van der Waals surface area contributed by atoms with Crippen LogP contribution in [0.4, 0.5) is 5.69 Å². The van der Waals surface area contributed by atoms with Gasteiger partial charge in [-0.25, -0.2) is 4.98 Å². The average molecular weight is 476 g/mol. The molecule has 5 nitrogen and oxygen atoms in total. The molecule has 0 saturated heterocycles. The molecule has 0 saturated carbocycles. The zero-order valence-electron chi connectivity index (χ0n) is 15.7. The van der Waals surface area contributed by atoms with Crippen molar-refractivity contribution in [2.75, 3.05) is 11.1 Å². The lowest BCUT2D eigenvalue weighted by atomic mass is 10.2. The average Bonchev–Trinajstić information content (AvgIpc) is 3.18. The summed E-state index contributed by atoms with van der Waals surface area (Å²) < 4.78 is 1.99. The maximum Gasteiger partial charge on any atom is 0.276 e. The second kappa shape index (κ2) is 8.81. The second-order valence-corrected chi connectivity index (χ2v) is 9.11. The Morgan fingerprint density at radius 3 is 2.73 bits per heavy atom. The van der Waals surface area contributed by atoms with Gasteiger partial charge in [-0.1, -0.05) is 53.2 Å². The molecule has 4 aromatic rings. The van der Waals surface area contributed by atoms with Gasteiger partial charge in [0.25, 0.3) is 5.56 Å². The summed E-state index contributed by atoms with van der Waals surface area (Å²) in [4.78, 5) is 30.2. The molecule has 30 heavy (non-hydrogen) atoms. The molecule has 1 N–H and O–H groups in total. The van der Waals surface area contributed by atoms with Gasteiger partial charge < -0.3 is 5.32 Å². The predicted octanol–water partition coefficient (Wildman–Crippen LogP) is 5.79. The number of hydrogen-bond donors (Lipinski definition) is 1. The van der Waals surface area contributed by atoms with Crippen molar-refractivity contribution in [3.05, 3.63) is 79.9 Å². The van der Waals surface area contributed by atoms with E-state index in [9.17, 15) is 9.59 Å². The fraction of sp³-hybridized carbons (Fsp3) is 0.0952. The number of halogens is 2. The van der Waals surface area contributed by atoms with Crippen LogP contribution in [0.1, 0.15) is 5.56 Å². The van der Waals surface area contributed by atoms with Crippen LogP contribution in [-0.2, 0) is 4.79 Å². The van der Waals surface area contributed by atoms with Gasteiger partial charge in [0, 0.05) is 0 Å². The molecule has 0 spiro atoms. The summed E-state index contributed by atoms with van der Waals surface area (Å²) in [5.74, 6) is -0.201. The molecule has 1 amide bonds. The SMILES string of the molecule is Cc1ccc(NC(=O)CSc2nc3ccsc3c(=O)n2-c2ccccc2Cl)c(Cl)c1. The monoisotopic (exact) mass is 475 g/mol. The predicted molar refractivity (Wildman–Crippen MR) is 126 cm³/mol. The molecule has 0 radical (unpaired) electrons. The Hall–Kier alpha value is -2.32. The van der Waals surface area contributed by atoms with Crippen molar-refractivity contribution < 1.29 is 4.79 Å². The smallest absolute Gasteiger partial charge is 0.276 e. The van der Waals surface area contributed by atoms with Crippen LogP contribution >= 0.6 is 46.3 Å². The summed E-state index contributed by atoms with van der Waals surface area (Å²) in [5, 5.41) is 5.90. The molecule has 152 valence electrons. The first-order valence-corrected chi connectivity index (χ1v) is 11.5. The normalized spacial score (nSPS) is 11.0.